The van der Waals surface area contributed by atoms with Gasteiger partial charge in [-0.3, -0.25) is 0 Å². The van der Waals surface area contributed by atoms with E-state index in [1.54, 1.807) is 0 Å². The molecule has 1 aliphatic carbocycles. The number of nitrogens with zero attached hydrogens (tertiary/aromatic N) is 3. The molecule has 112 valence electrons. The van der Waals surface area contributed by atoms with E-state index in [0.717, 1.165) is 31.5 Å². The number of aryl methyl sites for hydroxylation is 1. The van der Waals surface area contributed by atoms with Gasteiger partial charge in [0.15, 0.2) is 0 Å². The molecular weight excluding hydrogens is 254 g/mol. The number of ether oxygens (including phenoxy) is 1. The van der Waals surface area contributed by atoms with Crippen LogP contribution in [-0.2, 0) is 17.7 Å². The van der Waals surface area contributed by atoms with E-state index >= 15 is 0 Å². The maximum absolute atomic E-state index is 8.83. The standard InChI is InChI=1S/C15H25N3O2/c19-10-4-5-13-11-18(17-16-13)12-14-6-9-15(20-14)7-2-1-3-8-15/h11,14,19H,1-10,12H2. The first-order chi connectivity index (χ1) is 9.80. The molecule has 1 aromatic rings. The number of aliphatic hydroxyl groups is 1. The number of hydrogen-bond donors (Lipinski definition) is 1. The normalized spacial score (nSPS) is 25.4. The lowest BCUT2D eigenvalue weighted by Gasteiger charge is -2.33. The van der Waals surface area contributed by atoms with Gasteiger partial charge in [-0.25, -0.2) is 4.68 Å². The number of aromatic nitrogens is 3. The van der Waals surface area contributed by atoms with Gasteiger partial charge in [-0.2, -0.15) is 0 Å². The molecule has 1 spiro atoms. The Morgan fingerprint density at radius 3 is 2.95 bits per heavy atom. The Bertz CT molecular complexity index is 427. The van der Waals surface area contributed by atoms with E-state index in [0.29, 0.717) is 6.10 Å². The Labute approximate surface area is 120 Å². The first-order valence-electron chi connectivity index (χ1n) is 7.97. The van der Waals surface area contributed by atoms with Gasteiger partial charge in [-0.15, -0.1) is 5.10 Å². The van der Waals surface area contributed by atoms with Gasteiger partial charge < -0.3 is 9.84 Å². The average Bonchev–Trinajstić information content (AvgIpc) is 3.06. The van der Waals surface area contributed by atoms with Crippen molar-refractivity contribution in [3.63, 3.8) is 0 Å². The molecule has 5 nitrogen and oxygen atoms in total. The molecule has 2 fully saturated rings. The van der Waals surface area contributed by atoms with E-state index < -0.39 is 0 Å². The molecule has 2 aliphatic rings. The topological polar surface area (TPSA) is 60.2 Å². The third kappa shape index (κ3) is 3.20. The lowest BCUT2D eigenvalue weighted by Crippen LogP contribution is -2.32. The number of aliphatic hydroxyl groups excluding tert-OH is 1. The highest BCUT2D eigenvalue weighted by molar-refractivity contribution is 4.94. The predicted molar refractivity (Wildman–Crippen MR) is 75.4 cm³/mol. The molecule has 5 heteroatoms. The van der Waals surface area contributed by atoms with Crippen molar-refractivity contribution < 1.29 is 9.84 Å². The van der Waals surface area contributed by atoms with Crippen LogP contribution in [0.4, 0.5) is 0 Å². The summed E-state index contributed by atoms with van der Waals surface area (Å²) in [5.41, 5.74) is 1.15. The summed E-state index contributed by atoms with van der Waals surface area (Å²) in [6, 6.07) is 0. The summed E-state index contributed by atoms with van der Waals surface area (Å²) >= 11 is 0. The van der Waals surface area contributed by atoms with Crippen LogP contribution in [0.25, 0.3) is 0 Å². The lowest BCUT2D eigenvalue weighted by atomic mass is 9.83. The highest BCUT2D eigenvalue weighted by Crippen LogP contribution is 2.42. The van der Waals surface area contributed by atoms with Gasteiger partial charge >= 0.3 is 0 Å². The zero-order valence-electron chi connectivity index (χ0n) is 12.1. The van der Waals surface area contributed by atoms with Gasteiger partial charge in [-0.05, 0) is 38.5 Å². The molecule has 1 atom stereocenters. The Hall–Kier alpha value is -0.940. The highest BCUT2D eigenvalue weighted by atomic mass is 16.5. The zero-order valence-corrected chi connectivity index (χ0v) is 12.1. The molecule has 0 aromatic carbocycles. The molecule has 1 N–H and O–H groups in total. The summed E-state index contributed by atoms with van der Waals surface area (Å²) < 4.78 is 8.26. The molecule has 20 heavy (non-hydrogen) atoms. The summed E-state index contributed by atoms with van der Waals surface area (Å²) in [6.45, 7) is 1.02. The van der Waals surface area contributed by atoms with Crippen LogP contribution in [0, 0.1) is 0 Å². The third-order valence-electron chi connectivity index (χ3n) is 4.67. The monoisotopic (exact) mass is 279 g/mol. The first-order valence-corrected chi connectivity index (χ1v) is 7.97. The van der Waals surface area contributed by atoms with Crippen LogP contribution in [0.3, 0.4) is 0 Å². The Morgan fingerprint density at radius 2 is 2.15 bits per heavy atom. The van der Waals surface area contributed by atoms with E-state index in [1.807, 2.05) is 10.9 Å². The molecule has 0 bridgehead atoms. The second-order valence-electron chi connectivity index (χ2n) is 6.28. The van der Waals surface area contributed by atoms with Gasteiger partial charge in [0.1, 0.15) is 0 Å². The van der Waals surface area contributed by atoms with Crippen LogP contribution in [0.5, 0.6) is 0 Å². The SMILES string of the molecule is OCCCc1cn(CC2CCC3(CCCCC3)O2)nn1. The first kappa shape index (κ1) is 14.0. The maximum atomic E-state index is 8.83. The lowest BCUT2D eigenvalue weighted by molar-refractivity contribution is -0.0689. The summed E-state index contributed by atoms with van der Waals surface area (Å²) in [5.74, 6) is 0. The summed E-state index contributed by atoms with van der Waals surface area (Å²) in [4.78, 5) is 0. The van der Waals surface area contributed by atoms with E-state index in [4.69, 9.17) is 9.84 Å². The van der Waals surface area contributed by atoms with Gasteiger partial charge in [0.05, 0.1) is 23.9 Å². The molecule has 0 amide bonds. The Morgan fingerprint density at radius 1 is 1.30 bits per heavy atom. The van der Waals surface area contributed by atoms with Crippen LogP contribution in [-0.4, -0.2) is 38.4 Å². The van der Waals surface area contributed by atoms with E-state index in [-0.39, 0.29) is 12.2 Å². The average molecular weight is 279 g/mol. The zero-order chi connectivity index (χ0) is 13.8. The molecule has 2 heterocycles. The fraction of sp³-hybridized carbons (Fsp3) is 0.867. The van der Waals surface area contributed by atoms with E-state index in [9.17, 15) is 0 Å². The maximum Gasteiger partial charge on any atom is 0.0828 e. The van der Waals surface area contributed by atoms with Crippen LogP contribution >= 0.6 is 0 Å². The molecule has 3 rings (SSSR count). The third-order valence-corrected chi connectivity index (χ3v) is 4.67. The van der Waals surface area contributed by atoms with Gasteiger partial charge in [0, 0.05) is 12.8 Å². The minimum Gasteiger partial charge on any atom is -0.396 e. The van der Waals surface area contributed by atoms with Crippen molar-refractivity contribution in [2.24, 2.45) is 0 Å². The molecule has 1 aromatic heterocycles. The van der Waals surface area contributed by atoms with Crippen molar-refractivity contribution >= 4 is 0 Å². The van der Waals surface area contributed by atoms with Crippen molar-refractivity contribution in [2.45, 2.75) is 76.0 Å². The fourth-order valence-corrected chi connectivity index (χ4v) is 3.60. The number of hydrogen-bond acceptors (Lipinski definition) is 4. The molecular formula is C15H25N3O2. The Kier molecular flexibility index (Phi) is 4.36. The summed E-state index contributed by atoms with van der Waals surface area (Å²) in [6.07, 6.45) is 12.7. The Balaban J connectivity index is 1.52. The van der Waals surface area contributed by atoms with Crippen LogP contribution < -0.4 is 0 Å². The molecule has 1 aliphatic heterocycles. The second kappa shape index (κ2) is 6.22. The van der Waals surface area contributed by atoms with Crippen molar-refractivity contribution in [1.82, 2.24) is 15.0 Å². The minimum absolute atomic E-state index is 0.184. The van der Waals surface area contributed by atoms with Crippen molar-refractivity contribution in [2.75, 3.05) is 6.61 Å². The summed E-state index contributed by atoms with van der Waals surface area (Å²) in [7, 11) is 0. The largest absolute Gasteiger partial charge is 0.396 e. The van der Waals surface area contributed by atoms with Crippen molar-refractivity contribution in [3.05, 3.63) is 11.9 Å². The van der Waals surface area contributed by atoms with Gasteiger partial charge in [-0.1, -0.05) is 24.5 Å². The van der Waals surface area contributed by atoms with Gasteiger partial charge in [0.2, 0.25) is 0 Å². The quantitative estimate of drug-likeness (QED) is 0.896. The van der Waals surface area contributed by atoms with Crippen LogP contribution in [0.1, 0.15) is 57.1 Å². The summed E-state index contributed by atoms with van der Waals surface area (Å²) in [5, 5.41) is 17.1. The second-order valence-corrected chi connectivity index (χ2v) is 6.28. The molecule has 1 saturated carbocycles. The van der Waals surface area contributed by atoms with E-state index in [1.165, 1.54) is 38.5 Å². The van der Waals surface area contributed by atoms with Crippen LogP contribution in [0.15, 0.2) is 6.20 Å². The van der Waals surface area contributed by atoms with Crippen molar-refractivity contribution in [1.29, 1.82) is 0 Å². The fourth-order valence-electron chi connectivity index (χ4n) is 3.60. The molecule has 0 radical (unpaired) electrons. The molecule has 1 unspecified atom stereocenters. The van der Waals surface area contributed by atoms with Gasteiger partial charge in [0.25, 0.3) is 0 Å². The van der Waals surface area contributed by atoms with Crippen molar-refractivity contribution in [3.8, 4) is 0 Å². The highest BCUT2D eigenvalue weighted by Gasteiger charge is 2.40. The van der Waals surface area contributed by atoms with Crippen LogP contribution in [0.2, 0.25) is 0 Å². The predicted octanol–water partition coefficient (Wildman–Crippen LogP) is 2.08. The minimum atomic E-state index is 0.184. The molecule has 1 saturated heterocycles. The van der Waals surface area contributed by atoms with E-state index in [2.05, 4.69) is 10.3 Å². The smallest absolute Gasteiger partial charge is 0.0828 e. The number of rotatable bonds is 5.